The van der Waals surface area contributed by atoms with E-state index in [0.717, 1.165) is 62.8 Å². The highest BCUT2D eigenvalue weighted by Gasteiger charge is 2.28. The Morgan fingerprint density at radius 3 is 2.73 bits per heavy atom. The van der Waals surface area contributed by atoms with Crippen molar-refractivity contribution in [3.63, 3.8) is 0 Å². The fourth-order valence-electron chi connectivity index (χ4n) is 4.14. The molecule has 0 spiro atoms. The van der Waals surface area contributed by atoms with E-state index in [2.05, 4.69) is 62.1 Å². The number of piperidine rings is 1. The van der Waals surface area contributed by atoms with Gasteiger partial charge in [0.1, 0.15) is 0 Å². The smallest absolute Gasteiger partial charge is 0.257 e. The van der Waals surface area contributed by atoms with Crippen molar-refractivity contribution in [3.8, 4) is 11.5 Å². The number of nitrogens with one attached hydrogen (secondary N) is 1. The van der Waals surface area contributed by atoms with Crippen molar-refractivity contribution >= 4 is 29.9 Å². The number of imidazole rings is 1. The van der Waals surface area contributed by atoms with Crippen LogP contribution in [0.4, 0.5) is 0 Å². The monoisotopic (exact) mass is 563 g/mol. The van der Waals surface area contributed by atoms with Gasteiger partial charge in [-0.25, -0.2) is 4.98 Å². The molecule has 3 aromatic rings. The number of aromatic nitrogens is 4. The lowest BCUT2D eigenvalue weighted by Gasteiger charge is -2.39. The van der Waals surface area contributed by atoms with Crippen LogP contribution in [0.15, 0.2) is 52.5 Å². The second-order valence-corrected chi connectivity index (χ2v) is 8.34. The summed E-state index contributed by atoms with van der Waals surface area (Å²) in [6, 6.07) is 8.73. The van der Waals surface area contributed by atoms with Crippen molar-refractivity contribution < 1.29 is 4.52 Å². The Hall–Kier alpha value is -2.43. The van der Waals surface area contributed by atoms with Gasteiger partial charge in [0.2, 0.25) is 0 Å². The second-order valence-electron chi connectivity index (χ2n) is 8.34. The van der Waals surface area contributed by atoms with Crippen molar-refractivity contribution in [2.75, 3.05) is 26.2 Å². The Morgan fingerprint density at radius 1 is 1.24 bits per heavy atom. The fourth-order valence-corrected chi connectivity index (χ4v) is 4.14. The molecule has 3 heterocycles. The Balaban J connectivity index is 0.00000306. The molecule has 0 saturated carbocycles. The minimum Gasteiger partial charge on any atom is -0.357 e. The number of halogens is 1. The first kappa shape index (κ1) is 25.2. The normalized spacial score (nSPS) is 18.8. The van der Waals surface area contributed by atoms with Crippen LogP contribution in [-0.2, 0) is 12.8 Å². The van der Waals surface area contributed by atoms with E-state index in [-0.39, 0.29) is 24.0 Å². The number of aliphatic imine (C=N–C) groups is 1. The zero-order valence-electron chi connectivity index (χ0n) is 19.6. The van der Waals surface area contributed by atoms with Crippen LogP contribution in [0.3, 0.4) is 0 Å². The maximum Gasteiger partial charge on any atom is 0.257 e. The van der Waals surface area contributed by atoms with Gasteiger partial charge in [-0.3, -0.25) is 4.99 Å². The molecule has 8 nitrogen and oxygen atoms in total. The molecule has 1 aliphatic heterocycles. The largest absolute Gasteiger partial charge is 0.357 e. The number of nitrogens with zero attached hydrogens (tertiary/aromatic N) is 6. The van der Waals surface area contributed by atoms with Gasteiger partial charge >= 0.3 is 0 Å². The zero-order chi connectivity index (χ0) is 22.3. The third-order valence-corrected chi connectivity index (χ3v) is 6.11. The molecule has 0 bridgehead atoms. The van der Waals surface area contributed by atoms with Crippen LogP contribution in [0.5, 0.6) is 0 Å². The molecule has 1 aromatic carbocycles. The molecule has 4 rings (SSSR count). The summed E-state index contributed by atoms with van der Waals surface area (Å²) >= 11 is 0. The van der Waals surface area contributed by atoms with Gasteiger partial charge in [0, 0.05) is 50.6 Å². The van der Waals surface area contributed by atoms with Crippen LogP contribution in [0, 0.1) is 5.92 Å². The molecule has 1 fully saturated rings. The molecular weight excluding hydrogens is 529 g/mol. The standard InChI is InChI=1S/C24H33N7O.HI/c1-4-22-28-23(32-29-22)20-8-6-19(7-9-20)10-12-27-24(26-5-2)30-14-11-18(3)21(16-30)31-15-13-25-17-31;/h6-9,13,15,17-18,21H,4-5,10-12,14,16H2,1-3H3,(H,26,27);1H. The fraction of sp³-hybridized carbons (Fsp3) is 0.500. The number of likely N-dealkylation sites (tertiary alicyclic amines) is 1. The van der Waals surface area contributed by atoms with E-state index in [1.54, 1.807) is 0 Å². The molecule has 1 aliphatic rings. The van der Waals surface area contributed by atoms with Crippen molar-refractivity contribution in [1.29, 1.82) is 0 Å². The van der Waals surface area contributed by atoms with Gasteiger partial charge in [-0.15, -0.1) is 24.0 Å². The molecule has 1 saturated heterocycles. The summed E-state index contributed by atoms with van der Waals surface area (Å²) in [5.74, 6) is 2.93. The van der Waals surface area contributed by atoms with E-state index in [9.17, 15) is 0 Å². The first-order valence-corrected chi connectivity index (χ1v) is 11.6. The lowest BCUT2D eigenvalue weighted by atomic mass is 9.93. The number of guanidine groups is 1. The van der Waals surface area contributed by atoms with Gasteiger partial charge in [0.15, 0.2) is 11.8 Å². The van der Waals surface area contributed by atoms with E-state index in [1.165, 1.54) is 5.56 Å². The average molecular weight is 563 g/mol. The van der Waals surface area contributed by atoms with E-state index < -0.39 is 0 Å². The zero-order valence-corrected chi connectivity index (χ0v) is 22.0. The molecule has 0 radical (unpaired) electrons. The topological polar surface area (TPSA) is 84.4 Å². The molecule has 0 amide bonds. The third-order valence-electron chi connectivity index (χ3n) is 6.11. The summed E-state index contributed by atoms with van der Waals surface area (Å²) < 4.78 is 7.56. The number of benzene rings is 1. The van der Waals surface area contributed by atoms with E-state index in [1.807, 2.05) is 31.6 Å². The summed E-state index contributed by atoms with van der Waals surface area (Å²) in [4.78, 5) is 16.0. The molecule has 33 heavy (non-hydrogen) atoms. The SMILES string of the molecule is CCNC(=NCCc1ccc(-c2nc(CC)no2)cc1)N1CCC(C)C(n2ccnc2)C1.I. The minimum atomic E-state index is 0. The van der Waals surface area contributed by atoms with Crippen molar-refractivity contribution in [2.24, 2.45) is 10.9 Å². The summed E-state index contributed by atoms with van der Waals surface area (Å²) in [5.41, 5.74) is 2.19. The first-order chi connectivity index (χ1) is 15.7. The van der Waals surface area contributed by atoms with Gasteiger partial charge in [0.05, 0.1) is 12.4 Å². The molecule has 0 aliphatic carbocycles. The molecule has 178 valence electrons. The predicted molar refractivity (Wildman–Crippen MR) is 141 cm³/mol. The molecule has 1 N–H and O–H groups in total. The molecule has 2 unspecified atom stereocenters. The van der Waals surface area contributed by atoms with E-state index in [4.69, 9.17) is 9.52 Å². The maximum atomic E-state index is 5.33. The summed E-state index contributed by atoms with van der Waals surface area (Å²) in [6.45, 7) is 10.0. The summed E-state index contributed by atoms with van der Waals surface area (Å²) in [6.07, 6.45) is 8.65. The Morgan fingerprint density at radius 2 is 2.06 bits per heavy atom. The van der Waals surface area contributed by atoms with Crippen LogP contribution < -0.4 is 5.32 Å². The van der Waals surface area contributed by atoms with Gasteiger partial charge in [0.25, 0.3) is 5.89 Å². The van der Waals surface area contributed by atoms with Gasteiger partial charge in [-0.1, -0.05) is 31.1 Å². The third kappa shape index (κ3) is 6.33. The van der Waals surface area contributed by atoms with E-state index in [0.29, 0.717) is 17.9 Å². The number of hydrogen-bond donors (Lipinski definition) is 1. The van der Waals surface area contributed by atoms with Crippen LogP contribution in [0.1, 0.15) is 44.6 Å². The van der Waals surface area contributed by atoms with Crippen molar-refractivity contribution in [3.05, 3.63) is 54.4 Å². The lowest BCUT2D eigenvalue weighted by Crippen LogP contribution is -2.49. The predicted octanol–water partition coefficient (Wildman–Crippen LogP) is 4.20. The highest BCUT2D eigenvalue weighted by Crippen LogP contribution is 2.27. The average Bonchev–Trinajstić information content (AvgIpc) is 3.52. The Kier molecular flexibility index (Phi) is 9.28. The highest BCUT2D eigenvalue weighted by atomic mass is 127. The molecular formula is C24H34IN7O. The van der Waals surface area contributed by atoms with Crippen LogP contribution in [0.2, 0.25) is 0 Å². The molecule has 9 heteroatoms. The van der Waals surface area contributed by atoms with Crippen molar-refractivity contribution in [1.82, 2.24) is 29.9 Å². The number of hydrogen-bond acceptors (Lipinski definition) is 5. The Bertz CT molecular complexity index is 1000. The number of rotatable bonds is 7. The number of aryl methyl sites for hydroxylation is 1. The van der Waals surface area contributed by atoms with Crippen LogP contribution in [0.25, 0.3) is 11.5 Å². The maximum absolute atomic E-state index is 5.33. The van der Waals surface area contributed by atoms with Gasteiger partial charge in [-0.05, 0) is 43.4 Å². The summed E-state index contributed by atoms with van der Waals surface area (Å²) in [5, 5.41) is 7.45. The van der Waals surface area contributed by atoms with Gasteiger partial charge < -0.3 is 19.3 Å². The first-order valence-electron chi connectivity index (χ1n) is 11.6. The minimum absolute atomic E-state index is 0. The van der Waals surface area contributed by atoms with Gasteiger partial charge in [-0.2, -0.15) is 4.98 Å². The van der Waals surface area contributed by atoms with Crippen LogP contribution >= 0.6 is 24.0 Å². The second kappa shape index (κ2) is 12.2. The molecule has 2 atom stereocenters. The molecule has 2 aromatic heterocycles. The Labute approximate surface area is 212 Å². The van der Waals surface area contributed by atoms with Crippen molar-refractivity contribution in [2.45, 2.75) is 46.1 Å². The van der Waals surface area contributed by atoms with Crippen LogP contribution in [-0.4, -0.2) is 56.7 Å². The van der Waals surface area contributed by atoms with E-state index >= 15 is 0 Å². The summed E-state index contributed by atoms with van der Waals surface area (Å²) in [7, 11) is 0. The quantitative estimate of drug-likeness (QED) is 0.264. The highest BCUT2D eigenvalue weighted by molar-refractivity contribution is 14.0. The lowest BCUT2D eigenvalue weighted by molar-refractivity contribution is 0.189.